The van der Waals surface area contributed by atoms with Gasteiger partial charge in [-0.2, -0.15) is 0 Å². The summed E-state index contributed by atoms with van der Waals surface area (Å²) in [6.07, 6.45) is 2.43. The highest BCUT2D eigenvalue weighted by Crippen LogP contribution is 1.96. The van der Waals surface area contributed by atoms with Gasteiger partial charge in [0.2, 0.25) is 0 Å². The lowest BCUT2D eigenvalue weighted by Crippen LogP contribution is -1.99. The number of hydrogen-bond donors (Lipinski definition) is 1. The average molecular weight is 157 g/mol. The molecule has 0 aliphatic heterocycles. The number of aliphatic hydroxyl groups is 1. The lowest BCUT2D eigenvalue weighted by atomic mass is 10.2. The van der Waals surface area contributed by atoms with Gasteiger partial charge in [-0.3, -0.25) is 4.99 Å². The predicted molar refractivity (Wildman–Crippen MR) is 51.4 cm³/mol. The van der Waals surface area contributed by atoms with Gasteiger partial charge in [-0.15, -0.1) is 0 Å². The predicted octanol–water partition coefficient (Wildman–Crippen LogP) is 2.96. The van der Waals surface area contributed by atoms with Crippen molar-refractivity contribution in [3.63, 3.8) is 0 Å². The summed E-state index contributed by atoms with van der Waals surface area (Å²) in [5.41, 5.74) is 0.762. The molecule has 0 saturated heterocycles. The summed E-state index contributed by atoms with van der Waals surface area (Å²) in [5.74, 6) is 0.292. The van der Waals surface area contributed by atoms with Crippen LogP contribution in [-0.2, 0) is 0 Å². The zero-order valence-electron chi connectivity index (χ0n) is 8.18. The first-order valence-corrected chi connectivity index (χ1v) is 4.07. The van der Waals surface area contributed by atoms with E-state index in [2.05, 4.69) is 4.99 Å². The van der Waals surface area contributed by atoms with Crippen LogP contribution in [0.2, 0.25) is 0 Å². The highest BCUT2D eigenvalue weighted by molar-refractivity contribution is 5.97. The molecule has 0 aliphatic rings. The Kier molecular flexibility index (Phi) is 10.8. The van der Waals surface area contributed by atoms with Gasteiger partial charge in [-0.1, -0.05) is 20.8 Å². The zero-order chi connectivity index (χ0) is 9.28. The Morgan fingerprint density at radius 2 is 1.91 bits per heavy atom. The van der Waals surface area contributed by atoms with Crippen LogP contribution >= 0.6 is 0 Å². The molecule has 0 spiro atoms. The first-order chi connectivity index (χ1) is 5.26. The fourth-order valence-electron chi connectivity index (χ4n) is 0.620. The molecule has 66 valence electrons. The van der Waals surface area contributed by atoms with Gasteiger partial charge in [0.25, 0.3) is 0 Å². The summed E-state index contributed by atoms with van der Waals surface area (Å²) in [6, 6.07) is 0. The minimum absolute atomic E-state index is 0.292. The maximum Gasteiger partial charge on any atom is 0.132 e. The van der Waals surface area contributed by atoms with E-state index in [1.54, 1.807) is 20.0 Å². The summed E-state index contributed by atoms with van der Waals surface area (Å²) in [4.78, 5) is 3.88. The minimum Gasteiger partial charge on any atom is -0.506 e. The van der Waals surface area contributed by atoms with Crippen LogP contribution in [-0.4, -0.2) is 17.9 Å². The molecule has 0 unspecified atom stereocenters. The Labute approximate surface area is 69.7 Å². The Hall–Kier alpha value is -0.790. The van der Waals surface area contributed by atoms with Gasteiger partial charge in [0.1, 0.15) is 5.76 Å². The fourth-order valence-corrected chi connectivity index (χ4v) is 0.620. The van der Waals surface area contributed by atoms with Crippen molar-refractivity contribution in [2.75, 3.05) is 7.05 Å². The SMILES string of the molecule is C/C=C(/O)C(CC)=NC.CC. The molecular formula is C9H19NO. The number of aliphatic imine (C=N–C) groups is 1. The molecule has 0 saturated carbocycles. The molecule has 0 atom stereocenters. The third-order valence-electron chi connectivity index (χ3n) is 1.17. The molecule has 11 heavy (non-hydrogen) atoms. The van der Waals surface area contributed by atoms with Gasteiger partial charge in [-0.25, -0.2) is 0 Å². The molecule has 1 N–H and O–H groups in total. The second kappa shape index (κ2) is 9.21. The number of allylic oxidation sites excluding steroid dienone is 2. The maximum absolute atomic E-state index is 9.05. The van der Waals surface area contributed by atoms with E-state index in [-0.39, 0.29) is 0 Å². The molecule has 0 aromatic carbocycles. The molecule has 0 amide bonds. The molecule has 0 fully saturated rings. The van der Waals surface area contributed by atoms with Crippen molar-refractivity contribution in [2.45, 2.75) is 34.1 Å². The number of aliphatic hydroxyl groups excluding tert-OH is 1. The molecule has 2 nitrogen and oxygen atoms in total. The summed E-state index contributed by atoms with van der Waals surface area (Å²) in [7, 11) is 1.68. The van der Waals surface area contributed by atoms with Crippen molar-refractivity contribution in [3.05, 3.63) is 11.8 Å². The van der Waals surface area contributed by atoms with E-state index in [9.17, 15) is 0 Å². The van der Waals surface area contributed by atoms with Crippen molar-refractivity contribution >= 4 is 5.71 Å². The molecule has 0 aliphatic carbocycles. The average Bonchev–Trinajstić information content (AvgIpc) is 2.10. The monoisotopic (exact) mass is 157 g/mol. The Bertz CT molecular complexity index is 136. The Morgan fingerprint density at radius 3 is 2.00 bits per heavy atom. The maximum atomic E-state index is 9.05. The third-order valence-corrected chi connectivity index (χ3v) is 1.17. The van der Waals surface area contributed by atoms with E-state index >= 15 is 0 Å². The van der Waals surface area contributed by atoms with Crippen molar-refractivity contribution in [1.29, 1.82) is 0 Å². The Balaban J connectivity index is 0. The second-order valence-corrected chi connectivity index (χ2v) is 1.70. The van der Waals surface area contributed by atoms with Crippen molar-refractivity contribution < 1.29 is 5.11 Å². The molecule has 0 radical (unpaired) electrons. The van der Waals surface area contributed by atoms with Crippen LogP contribution in [0.5, 0.6) is 0 Å². The highest BCUT2D eigenvalue weighted by atomic mass is 16.3. The van der Waals surface area contributed by atoms with E-state index in [0.717, 1.165) is 12.1 Å². The quantitative estimate of drug-likeness (QED) is 0.485. The zero-order valence-corrected chi connectivity index (χ0v) is 8.18. The van der Waals surface area contributed by atoms with Crippen LogP contribution in [0, 0.1) is 0 Å². The van der Waals surface area contributed by atoms with Crippen LogP contribution in [0.25, 0.3) is 0 Å². The van der Waals surface area contributed by atoms with Crippen LogP contribution < -0.4 is 0 Å². The van der Waals surface area contributed by atoms with Gasteiger partial charge >= 0.3 is 0 Å². The van der Waals surface area contributed by atoms with Gasteiger partial charge < -0.3 is 5.11 Å². The van der Waals surface area contributed by atoms with E-state index in [1.165, 1.54) is 0 Å². The van der Waals surface area contributed by atoms with E-state index in [0.29, 0.717) is 5.76 Å². The normalized spacial score (nSPS) is 12.1. The minimum atomic E-state index is 0.292. The fraction of sp³-hybridized carbons (Fsp3) is 0.667. The smallest absolute Gasteiger partial charge is 0.132 e. The lowest BCUT2D eigenvalue weighted by molar-refractivity contribution is 0.440. The van der Waals surface area contributed by atoms with E-state index < -0.39 is 0 Å². The molecule has 0 bridgehead atoms. The molecule has 0 aromatic rings. The van der Waals surface area contributed by atoms with Crippen molar-refractivity contribution in [1.82, 2.24) is 0 Å². The highest BCUT2D eigenvalue weighted by Gasteiger charge is 1.96. The van der Waals surface area contributed by atoms with Gasteiger partial charge in [0.15, 0.2) is 0 Å². The summed E-state index contributed by atoms with van der Waals surface area (Å²) >= 11 is 0. The Morgan fingerprint density at radius 1 is 1.45 bits per heavy atom. The van der Waals surface area contributed by atoms with Crippen LogP contribution in [0.15, 0.2) is 16.8 Å². The number of hydrogen-bond acceptors (Lipinski definition) is 2. The van der Waals surface area contributed by atoms with Gasteiger partial charge in [0, 0.05) is 7.05 Å². The molecule has 0 heterocycles. The first-order valence-electron chi connectivity index (χ1n) is 4.07. The molecule has 0 aromatic heterocycles. The number of rotatable bonds is 2. The lowest BCUT2D eigenvalue weighted by Gasteiger charge is -1.97. The topological polar surface area (TPSA) is 32.6 Å². The summed E-state index contributed by atoms with van der Waals surface area (Å²) < 4.78 is 0. The molecular weight excluding hydrogens is 138 g/mol. The van der Waals surface area contributed by atoms with E-state index in [1.807, 2.05) is 20.8 Å². The third kappa shape index (κ3) is 5.64. The molecule has 0 rings (SSSR count). The van der Waals surface area contributed by atoms with Gasteiger partial charge in [0.05, 0.1) is 5.71 Å². The summed E-state index contributed by atoms with van der Waals surface area (Å²) in [5, 5.41) is 9.05. The number of nitrogens with zero attached hydrogens (tertiary/aromatic N) is 1. The first kappa shape index (κ1) is 12.8. The van der Waals surface area contributed by atoms with Crippen molar-refractivity contribution in [2.24, 2.45) is 4.99 Å². The van der Waals surface area contributed by atoms with Crippen LogP contribution in [0.3, 0.4) is 0 Å². The van der Waals surface area contributed by atoms with Crippen LogP contribution in [0.1, 0.15) is 34.1 Å². The largest absolute Gasteiger partial charge is 0.506 e. The van der Waals surface area contributed by atoms with Crippen molar-refractivity contribution in [3.8, 4) is 0 Å². The van der Waals surface area contributed by atoms with Gasteiger partial charge in [-0.05, 0) is 19.4 Å². The van der Waals surface area contributed by atoms with Crippen LogP contribution in [0.4, 0.5) is 0 Å². The molecule has 2 heteroatoms. The second-order valence-electron chi connectivity index (χ2n) is 1.70. The van der Waals surface area contributed by atoms with E-state index in [4.69, 9.17) is 5.11 Å². The standard InChI is InChI=1S/C7H13NO.C2H6/c1-4-6(8-3)7(9)5-2;1-2/h5,9H,4H2,1-3H3;1-2H3/b7-5+,8-6?;. The summed E-state index contributed by atoms with van der Waals surface area (Å²) in [6.45, 7) is 7.75.